The minimum atomic E-state index is 0.417. The van der Waals surface area contributed by atoms with Gasteiger partial charge >= 0.3 is 0 Å². The minimum absolute atomic E-state index is 0.417. The molecule has 96 valence electrons. The summed E-state index contributed by atoms with van der Waals surface area (Å²) in [7, 11) is 0. The second kappa shape index (κ2) is 6.39. The predicted octanol–water partition coefficient (Wildman–Crippen LogP) is 1.95. The third-order valence-corrected chi connectivity index (χ3v) is 2.77. The fourth-order valence-electron chi connectivity index (χ4n) is 1.95. The quantitative estimate of drug-likeness (QED) is 0.584. The molecule has 0 aliphatic carbocycles. The lowest BCUT2D eigenvalue weighted by molar-refractivity contribution is 0.657. The Morgan fingerprint density at radius 1 is 1.35 bits per heavy atom. The molecule has 5 heteroatoms. The smallest absolute Gasteiger partial charge is 0.148 e. The van der Waals surface area contributed by atoms with Crippen LogP contribution in [0.3, 0.4) is 0 Å². The standard InChI is InChI=1S/C12H23N5/c1-5-7-17(9(3)4)12-10(6-2)11(16-13)14-8-15-12/h8-9H,5-7,13H2,1-4H3,(H,14,15,16). The molecule has 0 fully saturated rings. The first-order chi connectivity index (χ1) is 8.15. The largest absolute Gasteiger partial charge is 0.354 e. The van der Waals surface area contributed by atoms with Crippen LogP contribution in [0.5, 0.6) is 0 Å². The van der Waals surface area contributed by atoms with E-state index in [1.54, 1.807) is 6.33 Å². The number of hydrogen-bond donors (Lipinski definition) is 2. The molecule has 0 aliphatic heterocycles. The van der Waals surface area contributed by atoms with Crippen LogP contribution in [0, 0.1) is 0 Å². The molecule has 1 rings (SSSR count). The van der Waals surface area contributed by atoms with Crippen LogP contribution in [0.25, 0.3) is 0 Å². The van der Waals surface area contributed by atoms with Gasteiger partial charge in [0, 0.05) is 18.2 Å². The first-order valence-electron chi connectivity index (χ1n) is 6.22. The molecule has 3 N–H and O–H groups in total. The Morgan fingerprint density at radius 2 is 2.06 bits per heavy atom. The van der Waals surface area contributed by atoms with Crippen LogP contribution >= 0.6 is 0 Å². The zero-order valence-electron chi connectivity index (χ0n) is 11.2. The van der Waals surface area contributed by atoms with E-state index in [0.29, 0.717) is 6.04 Å². The van der Waals surface area contributed by atoms with Crippen molar-refractivity contribution in [1.29, 1.82) is 0 Å². The molecule has 1 aromatic heterocycles. The van der Waals surface area contributed by atoms with Crippen molar-refractivity contribution in [3.63, 3.8) is 0 Å². The van der Waals surface area contributed by atoms with Crippen molar-refractivity contribution in [2.24, 2.45) is 5.84 Å². The Hall–Kier alpha value is -1.36. The normalized spacial score (nSPS) is 10.7. The molecule has 0 bridgehead atoms. The van der Waals surface area contributed by atoms with E-state index in [0.717, 1.165) is 36.6 Å². The molecule has 0 saturated carbocycles. The van der Waals surface area contributed by atoms with Crippen molar-refractivity contribution in [2.45, 2.75) is 46.6 Å². The van der Waals surface area contributed by atoms with Crippen LogP contribution in [-0.4, -0.2) is 22.6 Å². The van der Waals surface area contributed by atoms with E-state index in [4.69, 9.17) is 5.84 Å². The highest BCUT2D eigenvalue weighted by molar-refractivity contribution is 5.58. The van der Waals surface area contributed by atoms with Gasteiger partial charge in [-0.25, -0.2) is 15.8 Å². The van der Waals surface area contributed by atoms with E-state index in [9.17, 15) is 0 Å². The van der Waals surface area contributed by atoms with Gasteiger partial charge in [0.05, 0.1) is 0 Å². The van der Waals surface area contributed by atoms with Crippen molar-refractivity contribution < 1.29 is 0 Å². The van der Waals surface area contributed by atoms with Gasteiger partial charge in [-0.1, -0.05) is 13.8 Å². The Balaban J connectivity index is 3.17. The molecule has 0 atom stereocenters. The number of nitrogens with zero attached hydrogens (tertiary/aromatic N) is 3. The SMILES string of the molecule is CCCN(c1ncnc(NN)c1CC)C(C)C. The lowest BCUT2D eigenvalue weighted by Gasteiger charge is -2.29. The summed E-state index contributed by atoms with van der Waals surface area (Å²) in [5, 5.41) is 0. The summed E-state index contributed by atoms with van der Waals surface area (Å²) >= 11 is 0. The van der Waals surface area contributed by atoms with Gasteiger partial charge < -0.3 is 10.3 Å². The predicted molar refractivity (Wildman–Crippen MR) is 72.0 cm³/mol. The van der Waals surface area contributed by atoms with Crippen LogP contribution in [0.2, 0.25) is 0 Å². The second-order valence-electron chi connectivity index (χ2n) is 4.31. The lowest BCUT2D eigenvalue weighted by Crippen LogP contribution is -2.33. The van der Waals surface area contributed by atoms with Gasteiger partial charge in [0.2, 0.25) is 0 Å². The molecule has 0 saturated heterocycles. The maximum Gasteiger partial charge on any atom is 0.148 e. The zero-order chi connectivity index (χ0) is 12.8. The van der Waals surface area contributed by atoms with Crippen molar-refractivity contribution in [3.8, 4) is 0 Å². The highest BCUT2D eigenvalue weighted by atomic mass is 15.3. The number of aromatic nitrogens is 2. The fourth-order valence-corrected chi connectivity index (χ4v) is 1.95. The monoisotopic (exact) mass is 237 g/mol. The summed E-state index contributed by atoms with van der Waals surface area (Å²) in [6, 6.07) is 0.417. The van der Waals surface area contributed by atoms with E-state index < -0.39 is 0 Å². The first kappa shape index (κ1) is 13.7. The van der Waals surface area contributed by atoms with Gasteiger partial charge in [-0.05, 0) is 26.7 Å². The maximum absolute atomic E-state index is 5.49. The van der Waals surface area contributed by atoms with E-state index in [1.807, 2.05) is 0 Å². The third kappa shape index (κ3) is 3.06. The number of hydrazine groups is 1. The minimum Gasteiger partial charge on any atom is -0.354 e. The van der Waals surface area contributed by atoms with Crippen LogP contribution in [-0.2, 0) is 6.42 Å². The third-order valence-electron chi connectivity index (χ3n) is 2.77. The molecule has 0 spiro atoms. The highest BCUT2D eigenvalue weighted by Crippen LogP contribution is 2.25. The summed E-state index contributed by atoms with van der Waals surface area (Å²) in [6.07, 6.45) is 3.52. The molecule has 1 aromatic rings. The molecule has 0 aromatic carbocycles. The van der Waals surface area contributed by atoms with Crippen molar-refractivity contribution >= 4 is 11.6 Å². The Kier molecular flexibility index (Phi) is 5.15. The number of nitrogens with one attached hydrogen (secondary N) is 1. The summed E-state index contributed by atoms with van der Waals surface area (Å²) < 4.78 is 0. The highest BCUT2D eigenvalue weighted by Gasteiger charge is 2.17. The van der Waals surface area contributed by atoms with Gasteiger partial charge in [0.1, 0.15) is 18.0 Å². The number of nitrogen functional groups attached to an aromatic ring is 1. The van der Waals surface area contributed by atoms with Crippen LogP contribution in [0.15, 0.2) is 6.33 Å². The van der Waals surface area contributed by atoms with E-state index in [2.05, 4.69) is 48.0 Å². The summed E-state index contributed by atoms with van der Waals surface area (Å²) in [5.41, 5.74) is 3.73. The second-order valence-corrected chi connectivity index (χ2v) is 4.31. The van der Waals surface area contributed by atoms with Gasteiger partial charge in [-0.3, -0.25) is 0 Å². The molecule has 0 amide bonds. The van der Waals surface area contributed by atoms with Crippen LogP contribution < -0.4 is 16.2 Å². The lowest BCUT2D eigenvalue weighted by atomic mass is 10.1. The molecule has 1 heterocycles. The van der Waals surface area contributed by atoms with Gasteiger partial charge in [0.15, 0.2) is 0 Å². The Bertz CT molecular complexity index is 351. The fraction of sp³-hybridized carbons (Fsp3) is 0.667. The number of rotatable bonds is 6. The molecule has 0 unspecified atom stereocenters. The summed E-state index contributed by atoms with van der Waals surface area (Å²) in [6.45, 7) is 9.60. The van der Waals surface area contributed by atoms with Gasteiger partial charge in [-0.2, -0.15) is 0 Å². The summed E-state index contributed by atoms with van der Waals surface area (Å²) in [4.78, 5) is 10.9. The van der Waals surface area contributed by atoms with Crippen molar-refractivity contribution in [2.75, 3.05) is 16.9 Å². The van der Waals surface area contributed by atoms with Crippen molar-refractivity contribution in [3.05, 3.63) is 11.9 Å². The molecular formula is C12H23N5. The van der Waals surface area contributed by atoms with Crippen molar-refractivity contribution in [1.82, 2.24) is 9.97 Å². The first-order valence-corrected chi connectivity index (χ1v) is 6.22. The summed E-state index contributed by atoms with van der Waals surface area (Å²) in [5.74, 6) is 7.20. The Morgan fingerprint density at radius 3 is 2.53 bits per heavy atom. The number of anilines is 2. The van der Waals surface area contributed by atoms with Crippen LogP contribution in [0.1, 0.15) is 39.7 Å². The van der Waals surface area contributed by atoms with E-state index in [1.165, 1.54) is 0 Å². The average Bonchev–Trinajstić information content (AvgIpc) is 2.34. The van der Waals surface area contributed by atoms with Gasteiger partial charge in [-0.15, -0.1) is 0 Å². The van der Waals surface area contributed by atoms with Crippen LogP contribution in [0.4, 0.5) is 11.6 Å². The zero-order valence-corrected chi connectivity index (χ0v) is 11.2. The molecule has 17 heavy (non-hydrogen) atoms. The maximum atomic E-state index is 5.49. The molecular weight excluding hydrogens is 214 g/mol. The van der Waals surface area contributed by atoms with E-state index >= 15 is 0 Å². The number of hydrogen-bond acceptors (Lipinski definition) is 5. The molecule has 0 radical (unpaired) electrons. The topological polar surface area (TPSA) is 67.1 Å². The Labute approximate surface area is 103 Å². The van der Waals surface area contributed by atoms with E-state index in [-0.39, 0.29) is 0 Å². The van der Waals surface area contributed by atoms with Gasteiger partial charge in [0.25, 0.3) is 0 Å². The molecule has 5 nitrogen and oxygen atoms in total. The average molecular weight is 237 g/mol. The molecule has 0 aliphatic rings. The number of nitrogens with two attached hydrogens (primary N) is 1.